The SMILES string of the molecule is Cc1ccc(NC(=O)NC[C@H](C(C)C)N2CCc3ccccc3C2)cc1-n1cnnn1. The lowest BCUT2D eigenvalue weighted by Gasteiger charge is -2.38. The Bertz CT molecular complexity index is 1030. The molecule has 0 radical (unpaired) electrons. The summed E-state index contributed by atoms with van der Waals surface area (Å²) in [7, 11) is 0. The molecule has 1 aliphatic rings. The van der Waals surface area contributed by atoms with Crippen LogP contribution in [0.25, 0.3) is 5.69 Å². The molecule has 0 saturated carbocycles. The van der Waals surface area contributed by atoms with Crippen LogP contribution in [0.4, 0.5) is 10.5 Å². The Balaban J connectivity index is 1.38. The second kappa shape index (κ2) is 9.26. The monoisotopic (exact) mass is 419 g/mol. The molecule has 1 aliphatic heterocycles. The van der Waals surface area contributed by atoms with Crippen molar-refractivity contribution in [1.29, 1.82) is 0 Å². The van der Waals surface area contributed by atoms with E-state index in [1.165, 1.54) is 17.5 Å². The first-order chi connectivity index (χ1) is 15.0. The van der Waals surface area contributed by atoms with Crippen LogP contribution < -0.4 is 10.6 Å². The van der Waals surface area contributed by atoms with Gasteiger partial charge in [0.15, 0.2) is 0 Å². The van der Waals surface area contributed by atoms with Crippen LogP contribution in [0, 0.1) is 12.8 Å². The number of hydrogen-bond donors (Lipinski definition) is 2. The maximum atomic E-state index is 12.6. The minimum atomic E-state index is -0.213. The third-order valence-electron chi connectivity index (χ3n) is 5.93. The summed E-state index contributed by atoms with van der Waals surface area (Å²) >= 11 is 0. The van der Waals surface area contributed by atoms with E-state index in [2.05, 4.69) is 69.2 Å². The van der Waals surface area contributed by atoms with Gasteiger partial charge in [-0.3, -0.25) is 4.90 Å². The number of aryl methyl sites for hydroxylation is 1. The molecule has 3 aromatic rings. The molecule has 2 amide bonds. The molecule has 0 spiro atoms. The van der Waals surface area contributed by atoms with Crippen molar-refractivity contribution in [2.45, 2.75) is 39.8 Å². The number of nitrogens with zero attached hydrogens (tertiary/aromatic N) is 5. The third kappa shape index (κ3) is 4.91. The van der Waals surface area contributed by atoms with Crippen LogP contribution in [0.5, 0.6) is 0 Å². The van der Waals surface area contributed by atoms with Crippen molar-refractivity contribution in [2.24, 2.45) is 5.92 Å². The first kappa shape index (κ1) is 21.0. The van der Waals surface area contributed by atoms with Crippen LogP contribution in [-0.2, 0) is 13.0 Å². The Hall–Kier alpha value is -3.26. The van der Waals surface area contributed by atoms with Crippen molar-refractivity contribution in [3.63, 3.8) is 0 Å². The minimum Gasteiger partial charge on any atom is -0.336 e. The zero-order valence-corrected chi connectivity index (χ0v) is 18.2. The van der Waals surface area contributed by atoms with E-state index < -0.39 is 0 Å². The number of aromatic nitrogens is 4. The standard InChI is InChI=1S/C23H29N7O/c1-16(2)22(29-11-10-18-6-4-5-7-19(18)14-29)13-24-23(31)26-20-9-8-17(3)21(12-20)30-15-25-27-28-30/h4-9,12,15-16,22H,10-11,13-14H2,1-3H3,(H2,24,26,31)/t22-/m1/s1. The van der Waals surface area contributed by atoms with Crippen LogP contribution in [0.2, 0.25) is 0 Å². The molecular weight excluding hydrogens is 390 g/mol. The largest absolute Gasteiger partial charge is 0.336 e. The molecule has 0 fully saturated rings. The predicted molar refractivity (Wildman–Crippen MR) is 120 cm³/mol. The van der Waals surface area contributed by atoms with E-state index in [0.717, 1.165) is 30.8 Å². The fraction of sp³-hybridized carbons (Fsp3) is 0.391. The molecule has 2 N–H and O–H groups in total. The van der Waals surface area contributed by atoms with Gasteiger partial charge in [0.2, 0.25) is 0 Å². The lowest BCUT2D eigenvalue weighted by Crippen LogP contribution is -2.49. The summed E-state index contributed by atoms with van der Waals surface area (Å²) in [6, 6.07) is 14.4. The van der Waals surface area contributed by atoms with Gasteiger partial charge >= 0.3 is 6.03 Å². The van der Waals surface area contributed by atoms with E-state index in [-0.39, 0.29) is 12.1 Å². The van der Waals surface area contributed by atoms with E-state index in [1.54, 1.807) is 4.68 Å². The van der Waals surface area contributed by atoms with Crippen molar-refractivity contribution in [3.8, 4) is 5.69 Å². The van der Waals surface area contributed by atoms with Gasteiger partial charge in [0.05, 0.1) is 5.69 Å². The lowest BCUT2D eigenvalue weighted by molar-refractivity contribution is 0.138. The van der Waals surface area contributed by atoms with Gasteiger partial charge in [-0.25, -0.2) is 9.48 Å². The number of carbonyl (C=O) groups excluding carboxylic acids is 1. The lowest BCUT2D eigenvalue weighted by atomic mass is 9.95. The molecule has 0 saturated heterocycles. The summed E-state index contributed by atoms with van der Waals surface area (Å²) in [6.07, 6.45) is 2.59. The molecule has 2 heterocycles. The fourth-order valence-corrected chi connectivity index (χ4v) is 4.17. The highest BCUT2D eigenvalue weighted by molar-refractivity contribution is 5.89. The van der Waals surface area contributed by atoms with Gasteiger partial charge in [0.1, 0.15) is 6.33 Å². The van der Waals surface area contributed by atoms with Crippen LogP contribution >= 0.6 is 0 Å². The number of hydrogen-bond acceptors (Lipinski definition) is 5. The van der Waals surface area contributed by atoms with Crippen molar-refractivity contribution in [3.05, 3.63) is 65.5 Å². The molecule has 1 atom stereocenters. The van der Waals surface area contributed by atoms with E-state index in [4.69, 9.17) is 0 Å². The summed E-state index contributed by atoms with van der Waals surface area (Å²) in [4.78, 5) is 15.1. The van der Waals surface area contributed by atoms with Crippen molar-refractivity contribution in [1.82, 2.24) is 30.4 Å². The van der Waals surface area contributed by atoms with Gasteiger partial charge in [-0.2, -0.15) is 0 Å². The first-order valence-corrected chi connectivity index (χ1v) is 10.7. The van der Waals surface area contributed by atoms with Crippen molar-refractivity contribution < 1.29 is 4.79 Å². The number of amides is 2. The number of benzene rings is 2. The molecule has 0 aliphatic carbocycles. The molecule has 4 rings (SSSR count). The zero-order valence-electron chi connectivity index (χ0n) is 18.2. The highest BCUT2D eigenvalue weighted by Crippen LogP contribution is 2.23. The van der Waals surface area contributed by atoms with Gasteiger partial charge in [-0.1, -0.05) is 44.2 Å². The summed E-state index contributed by atoms with van der Waals surface area (Å²) in [6.45, 7) is 8.93. The van der Waals surface area contributed by atoms with E-state index in [9.17, 15) is 4.79 Å². The fourth-order valence-electron chi connectivity index (χ4n) is 4.17. The highest BCUT2D eigenvalue weighted by Gasteiger charge is 2.26. The summed E-state index contributed by atoms with van der Waals surface area (Å²) in [5.41, 5.74) is 5.36. The summed E-state index contributed by atoms with van der Waals surface area (Å²) in [5, 5.41) is 17.3. The van der Waals surface area contributed by atoms with E-state index >= 15 is 0 Å². The number of urea groups is 1. The quantitative estimate of drug-likeness (QED) is 0.641. The average Bonchev–Trinajstić information content (AvgIpc) is 3.29. The topological polar surface area (TPSA) is 88.0 Å². The first-order valence-electron chi connectivity index (χ1n) is 10.7. The Morgan fingerprint density at radius 3 is 2.71 bits per heavy atom. The predicted octanol–water partition coefficient (Wildman–Crippen LogP) is 3.18. The number of anilines is 1. The number of fused-ring (bicyclic) bond motifs is 1. The third-order valence-corrected chi connectivity index (χ3v) is 5.93. The van der Waals surface area contributed by atoms with Gasteiger partial charge in [0.25, 0.3) is 0 Å². The average molecular weight is 420 g/mol. The van der Waals surface area contributed by atoms with Crippen LogP contribution in [0.1, 0.15) is 30.5 Å². The minimum absolute atomic E-state index is 0.213. The summed E-state index contributed by atoms with van der Waals surface area (Å²) in [5.74, 6) is 0.427. The molecule has 8 nitrogen and oxygen atoms in total. The molecule has 0 bridgehead atoms. The number of rotatable bonds is 6. The van der Waals surface area contributed by atoms with Gasteiger partial charge in [-0.15, -0.1) is 5.10 Å². The molecule has 2 aromatic carbocycles. The van der Waals surface area contributed by atoms with Gasteiger partial charge in [-0.05, 0) is 58.5 Å². The van der Waals surface area contributed by atoms with Crippen molar-refractivity contribution in [2.75, 3.05) is 18.4 Å². The normalized spacial score (nSPS) is 14.8. The molecular formula is C23H29N7O. The second-order valence-corrected chi connectivity index (χ2v) is 8.39. The summed E-state index contributed by atoms with van der Waals surface area (Å²) < 4.78 is 1.58. The van der Waals surface area contributed by atoms with Crippen LogP contribution in [0.3, 0.4) is 0 Å². The Morgan fingerprint density at radius 1 is 1.16 bits per heavy atom. The Labute approximate surface area is 182 Å². The highest BCUT2D eigenvalue weighted by atomic mass is 16.2. The molecule has 8 heteroatoms. The molecule has 31 heavy (non-hydrogen) atoms. The van der Waals surface area contributed by atoms with Crippen molar-refractivity contribution >= 4 is 11.7 Å². The van der Waals surface area contributed by atoms with Gasteiger partial charge in [0, 0.05) is 31.4 Å². The molecule has 162 valence electrons. The Kier molecular flexibility index (Phi) is 6.27. The van der Waals surface area contributed by atoms with Gasteiger partial charge < -0.3 is 10.6 Å². The maximum absolute atomic E-state index is 12.6. The molecule has 1 aromatic heterocycles. The maximum Gasteiger partial charge on any atom is 0.319 e. The number of carbonyl (C=O) groups is 1. The second-order valence-electron chi connectivity index (χ2n) is 8.39. The Morgan fingerprint density at radius 2 is 1.97 bits per heavy atom. The molecule has 0 unspecified atom stereocenters. The number of tetrazole rings is 1. The number of nitrogens with one attached hydrogen (secondary N) is 2. The van der Waals surface area contributed by atoms with Crippen LogP contribution in [0.15, 0.2) is 48.8 Å². The van der Waals surface area contributed by atoms with E-state index in [0.29, 0.717) is 18.2 Å². The smallest absolute Gasteiger partial charge is 0.319 e. The van der Waals surface area contributed by atoms with E-state index in [1.807, 2.05) is 25.1 Å². The zero-order chi connectivity index (χ0) is 21.8. The van der Waals surface area contributed by atoms with Crippen LogP contribution in [-0.4, -0.2) is 50.3 Å².